The van der Waals surface area contributed by atoms with Crippen LogP contribution in [0.3, 0.4) is 0 Å². The van der Waals surface area contributed by atoms with Crippen molar-refractivity contribution in [2.75, 3.05) is 7.11 Å². The molecule has 2 rings (SSSR count). The van der Waals surface area contributed by atoms with Crippen LogP contribution in [-0.2, 0) is 6.42 Å². The molecule has 0 fully saturated rings. The van der Waals surface area contributed by atoms with Crippen LogP contribution < -0.4 is 10.5 Å². The zero-order valence-corrected chi connectivity index (χ0v) is 14.0. The second-order valence-corrected chi connectivity index (χ2v) is 6.15. The van der Waals surface area contributed by atoms with E-state index < -0.39 is 0 Å². The van der Waals surface area contributed by atoms with E-state index in [0.29, 0.717) is 10.9 Å². The number of methoxy groups -OCH3 is 1. The molecule has 0 radical (unpaired) electrons. The van der Waals surface area contributed by atoms with Gasteiger partial charge >= 0.3 is 0 Å². The van der Waals surface area contributed by atoms with Gasteiger partial charge in [0.05, 0.1) is 11.6 Å². The smallest absolute Gasteiger partial charge is 0.133 e. The third-order valence-corrected chi connectivity index (χ3v) is 4.34. The summed E-state index contributed by atoms with van der Waals surface area (Å²) >= 11 is 6.80. The molecule has 0 aliphatic heterocycles. The monoisotopic (exact) mass is 401 g/mol. The maximum atomic E-state index is 13.1. The zero-order valence-electron chi connectivity index (χ0n) is 10.9. The number of benzene rings is 2. The summed E-state index contributed by atoms with van der Waals surface area (Å²) in [5, 5.41) is 0. The molecule has 0 saturated carbocycles. The summed E-state index contributed by atoms with van der Waals surface area (Å²) in [6.45, 7) is 0. The van der Waals surface area contributed by atoms with Crippen LogP contribution in [0.25, 0.3) is 0 Å². The van der Waals surface area contributed by atoms with E-state index in [2.05, 4.69) is 31.9 Å². The Labute approximate surface area is 134 Å². The van der Waals surface area contributed by atoms with Crippen molar-refractivity contribution in [3.63, 3.8) is 0 Å². The molecule has 2 nitrogen and oxygen atoms in total. The van der Waals surface area contributed by atoms with E-state index in [0.717, 1.165) is 21.3 Å². The predicted molar refractivity (Wildman–Crippen MR) is 85.4 cm³/mol. The summed E-state index contributed by atoms with van der Waals surface area (Å²) in [5.74, 6) is 0.505. The summed E-state index contributed by atoms with van der Waals surface area (Å²) in [7, 11) is 1.63. The van der Waals surface area contributed by atoms with Crippen LogP contribution in [0.5, 0.6) is 5.75 Å². The van der Waals surface area contributed by atoms with E-state index in [-0.39, 0.29) is 11.9 Å². The molecule has 1 unspecified atom stereocenters. The van der Waals surface area contributed by atoms with Gasteiger partial charge in [-0.05, 0) is 57.7 Å². The van der Waals surface area contributed by atoms with Gasteiger partial charge in [-0.25, -0.2) is 4.39 Å². The largest absolute Gasteiger partial charge is 0.496 e. The van der Waals surface area contributed by atoms with Gasteiger partial charge in [-0.3, -0.25) is 0 Å². The fourth-order valence-corrected chi connectivity index (χ4v) is 3.24. The first-order valence-corrected chi connectivity index (χ1v) is 7.63. The predicted octanol–water partition coefficient (Wildman–Crippen LogP) is 4.60. The average molecular weight is 403 g/mol. The van der Waals surface area contributed by atoms with Crippen molar-refractivity contribution in [3.8, 4) is 5.75 Å². The van der Waals surface area contributed by atoms with Crippen molar-refractivity contribution in [1.82, 2.24) is 0 Å². The Bertz CT molecular complexity index is 619. The van der Waals surface area contributed by atoms with E-state index in [1.165, 1.54) is 12.1 Å². The molecule has 2 aromatic carbocycles. The highest BCUT2D eigenvalue weighted by atomic mass is 79.9. The van der Waals surface area contributed by atoms with Crippen molar-refractivity contribution in [2.45, 2.75) is 12.5 Å². The van der Waals surface area contributed by atoms with Crippen LogP contribution in [0, 0.1) is 5.82 Å². The number of rotatable bonds is 4. The van der Waals surface area contributed by atoms with Gasteiger partial charge in [0.25, 0.3) is 0 Å². The molecule has 1 atom stereocenters. The third-order valence-electron chi connectivity index (χ3n) is 3.03. The second kappa shape index (κ2) is 6.70. The molecule has 0 aliphatic rings. The minimum atomic E-state index is -0.278. The van der Waals surface area contributed by atoms with Crippen LogP contribution in [-0.4, -0.2) is 7.11 Å². The lowest BCUT2D eigenvalue weighted by atomic mass is 9.99. The van der Waals surface area contributed by atoms with Crippen molar-refractivity contribution in [2.24, 2.45) is 5.73 Å². The molecular formula is C15H14Br2FNO. The topological polar surface area (TPSA) is 35.2 Å². The molecule has 0 spiro atoms. The summed E-state index contributed by atoms with van der Waals surface area (Å²) in [4.78, 5) is 0. The molecule has 0 heterocycles. The highest BCUT2D eigenvalue weighted by Crippen LogP contribution is 2.29. The molecule has 0 bridgehead atoms. The highest BCUT2D eigenvalue weighted by Gasteiger charge is 2.12. The van der Waals surface area contributed by atoms with Crippen molar-refractivity contribution in [1.29, 1.82) is 0 Å². The number of nitrogens with two attached hydrogens (primary N) is 1. The van der Waals surface area contributed by atoms with Crippen molar-refractivity contribution in [3.05, 3.63) is 62.3 Å². The van der Waals surface area contributed by atoms with Crippen LogP contribution >= 0.6 is 31.9 Å². The van der Waals surface area contributed by atoms with Crippen LogP contribution in [0.2, 0.25) is 0 Å². The lowest BCUT2D eigenvalue weighted by Crippen LogP contribution is -2.14. The molecule has 0 aliphatic carbocycles. The van der Waals surface area contributed by atoms with Crippen LogP contribution in [0.1, 0.15) is 17.2 Å². The molecule has 0 aromatic heterocycles. The minimum Gasteiger partial charge on any atom is -0.496 e. The Morgan fingerprint density at radius 2 is 1.90 bits per heavy atom. The van der Waals surface area contributed by atoms with Gasteiger partial charge in [-0.15, -0.1) is 0 Å². The summed E-state index contributed by atoms with van der Waals surface area (Å²) < 4.78 is 19.9. The molecule has 2 aromatic rings. The van der Waals surface area contributed by atoms with Crippen LogP contribution in [0.4, 0.5) is 4.39 Å². The Morgan fingerprint density at radius 3 is 2.50 bits per heavy atom. The number of ether oxygens (including phenoxy) is 1. The molecular weight excluding hydrogens is 389 g/mol. The molecule has 5 heteroatoms. The van der Waals surface area contributed by atoms with Gasteiger partial charge < -0.3 is 10.5 Å². The average Bonchev–Trinajstić information content (AvgIpc) is 2.38. The Hall–Kier alpha value is -0.910. The van der Waals surface area contributed by atoms with Gasteiger partial charge in [0.1, 0.15) is 11.6 Å². The minimum absolute atomic E-state index is 0.203. The lowest BCUT2D eigenvalue weighted by Gasteiger charge is -2.15. The molecule has 0 saturated heterocycles. The van der Waals surface area contributed by atoms with E-state index >= 15 is 0 Å². The lowest BCUT2D eigenvalue weighted by molar-refractivity contribution is 0.412. The maximum absolute atomic E-state index is 13.1. The first kappa shape index (κ1) is 15.5. The van der Waals surface area contributed by atoms with Crippen molar-refractivity contribution < 1.29 is 9.13 Å². The van der Waals surface area contributed by atoms with Gasteiger partial charge in [0.2, 0.25) is 0 Å². The van der Waals surface area contributed by atoms with Gasteiger partial charge in [0, 0.05) is 10.5 Å². The maximum Gasteiger partial charge on any atom is 0.133 e. The van der Waals surface area contributed by atoms with Gasteiger partial charge in [0.15, 0.2) is 0 Å². The van der Waals surface area contributed by atoms with E-state index in [9.17, 15) is 4.39 Å². The first-order valence-electron chi connectivity index (χ1n) is 6.04. The van der Waals surface area contributed by atoms with Crippen LogP contribution in [0.15, 0.2) is 45.3 Å². The Kier molecular flexibility index (Phi) is 5.18. The van der Waals surface area contributed by atoms with E-state index in [1.54, 1.807) is 13.2 Å². The molecule has 2 N–H and O–H groups in total. The number of hydrogen-bond acceptors (Lipinski definition) is 2. The van der Waals surface area contributed by atoms with Crippen molar-refractivity contribution >= 4 is 31.9 Å². The molecule has 0 amide bonds. The van der Waals surface area contributed by atoms with E-state index in [1.807, 2.05) is 18.2 Å². The summed E-state index contributed by atoms with van der Waals surface area (Å²) in [6.07, 6.45) is 0.660. The summed E-state index contributed by atoms with van der Waals surface area (Å²) in [6, 6.07) is 10.2. The number of halogens is 3. The highest BCUT2D eigenvalue weighted by molar-refractivity contribution is 9.10. The molecule has 20 heavy (non-hydrogen) atoms. The molecule has 106 valence electrons. The first-order chi connectivity index (χ1) is 9.51. The number of hydrogen-bond donors (Lipinski definition) is 1. The standard InChI is InChI=1S/C15H14Br2FNO/c1-20-15-5-2-9(6-13(15)17)7-14(19)11-4-3-10(18)8-12(11)16/h2-6,8,14H,7,19H2,1H3. The fraction of sp³-hybridized carbons (Fsp3) is 0.200. The van der Waals surface area contributed by atoms with Gasteiger partial charge in [-0.2, -0.15) is 0 Å². The quantitative estimate of drug-likeness (QED) is 0.810. The normalized spacial score (nSPS) is 12.2. The SMILES string of the molecule is COc1ccc(CC(N)c2ccc(F)cc2Br)cc1Br. The Morgan fingerprint density at radius 1 is 1.15 bits per heavy atom. The summed E-state index contributed by atoms with van der Waals surface area (Å²) in [5.41, 5.74) is 8.17. The second-order valence-electron chi connectivity index (χ2n) is 4.45. The fourth-order valence-electron chi connectivity index (χ4n) is 2.00. The third kappa shape index (κ3) is 3.59. The van der Waals surface area contributed by atoms with E-state index in [4.69, 9.17) is 10.5 Å². The van der Waals surface area contributed by atoms with Gasteiger partial charge in [-0.1, -0.05) is 28.1 Å². The Balaban J connectivity index is 2.18. The zero-order chi connectivity index (χ0) is 14.7.